The molecule has 1 saturated heterocycles. The standard InChI is InChI=1S/C19H25ClN2O2/c20-15-7-9-16(10-8-15)22-13-11-17(19(22)24)18(23)21-12-3-6-14-4-1-2-5-14/h7-10,14,17H,1-6,11-13H2,(H,21,23). The van der Waals surface area contributed by atoms with Crippen molar-refractivity contribution in [3.8, 4) is 0 Å². The van der Waals surface area contributed by atoms with E-state index < -0.39 is 5.92 Å². The third-order valence-electron chi connectivity index (χ3n) is 5.22. The number of nitrogens with zero attached hydrogens (tertiary/aromatic N) is 1. The summed E-state index contributed by atoms with van der Waals surface area (Å²) in [4.78, 5) is 26.5. The Hall–Kier alpha value is -1.55. The number of carbonyl (C=O) groups is 2. The summed E-state index contributed by atoms with van der Waals surface area (Å²) < 4.78 is 0. The first-order valence-corrected chi connectivity index (χ1v) is 9.37. The maximum atomic E-state index is 12.5. The molecular weight excluding hydrogens is 324 g/mol. The third kappa shape index (κ3) is 4.10. The molecule has 1 unspecified atom stereocenters. The number of nitrogens with one attached hydrogen (secondary N) is 1. The molecule has 1 N–H and O–H groups in total. The molecule has 2 fully saturated rings. The van der Waals surface area contributed by atoms with Crippen LogP contribution < -0.4 is 10.2 Å². The topological polar surface area (TPSA) is 49.4 Å². The lowest BCUT2D eigenvalue weighted by Crippen LogP contribution is -2.37. The van der Waals surface area contributed by atoms with Crippen molar-refractivity contribution < 1.29 is 9.59 Å². The van der Waals surface area contributed by atoms with E-state index >= 15 is 0 Å². The number of carbonyl (C=O) groups excluding carboxylic acids is 2. The van der Waals surface area contributed by atoms with Crippen LogP contribution in [-0.2, 0) is 9.59 Å². The van der Waals surface area contributed by atoms with E-state index in [-0.39, 0.29) is 11.8 Å². The van der Waals surface area contributed by atoms with Crippen LogP contribution in [0, 0.1) is 11.8 Å². The normalized spacial score (nSPS) is 21.5. The molecule has 3 rings (SSSR count). The van der Waals surface area contributed by atoms with E-state index in [2.05, 4.69) is 5.32 Å². The van der Waals surface area contributed by atoms with E-state index in [0.29, 0.717) is 24.5 Å². The molecule has 1 aromatic rings. The second-order valence-corrected chi connectivity index (χ2v) is 7.33. The van der Waals surface area contributed by atoms with E-state index in [1.54, 1.807) is 17.0 Å². The van der Waals surface area contributed by atoms with Gasteiger partial charge in [-0.3, -0.25) is 9.59 Å². The SMILES string of the molecule is O=C(NCCCC1CCCC1)C1CCN(c2ccc(Cl)cc2)C1=O. The number of hydrogen-bond donors (Lipinski definition) is 1. The number of benzene rings is 1. The minimum absolute atomic E-state index is 0.106. The van der Waals surface area contributed by atoms with Crippen LogP contribution in [0.25, 0.3) is 0 Å². The van der Waals surface area contributed by atoms with Gasteiger partial charge in [0.15, 0.2) is 0 Å². The molecule has 2 aliphatic rings. The fraction of sp³-hybridized carbons (Fsp3) is 0.579. The number of anilines is 1. The molecule has 24 heavy (non-hydrogen) atoms. The molecule has 130 valence electrons. The average molecular weight is 349 g/mol. The summed E-state index contributed by atoms with van der Waals surface area (Å²) in [6.07, 6.45) is 8.17. The van der Waals surface area contributed by atoms with Crippen molar-refractivity contribution in [2.75, 3.05) is 18.0 Å². The van der Waals surface area contributed by atoms with Crippen molar-refractivity contribution in [1.82, 2.24) is 5.32 Å². The van der Waals surface area contributed by atoms with Crippen molar-refractivity contribution in [3.63, 3.8) is 0 Å². The van der Waals surface area contributed by atoms with Gasteiger partial charge in [-0.2, -0.15) is 0 Å². The summed E-state index contributed by atoms with van der Waals surface area (Å²) in [5, 5.41) is 3.59. The van der Waals surface area contributed by atoms with Crippen molar-refractivity contribution in [1.29, 1.82) is 0 Å². The second kappa shape index (κ2) is 8.02. The van der Waals surface area contributed by atoms with Crippen LogP contribution in [0.2, 0.25) is 5.02 Å². The van der Waals surface area contributed by atoms with Gasteiger partial charge in [-0.1, -0.05) is 37.3 Å². The van der Waals surface area contributed by atoms with Gasteiger partial charge in [0.1, 0.15) is 5.92 Å². The lowest BCUT2D eigenvalue weighted by Gasteiger charge is -2.17. The zero-order valence-electron chi connectivity index (χ0n) is 14.0. The Bertz CT molecular complexity index is 582. The van der Waals surface area contributed by atoms with E-state index in [0.717, 1.165) is 18.0 Å². The van der Waals surface area contributed by atoms with Gasteiger partial charge >= 0.3 is 0 Å². The van der Waals surface area contributed by atoms with Gasteiger partial charge in [0.05, 0.1) is 0 Å². The fourth-order valence-corrected chi connectivity index (χ4v) is 3.95. The molecule has 1 atom stereocenters. The Morgan fingerprint density at radius 3 is 2.58 bits per heavy atom. The molecule has 1 aromatic carbocycles. The zero-order valence-corrected chi connectivity index (χ0v) is 14.7. The van der Waals surface area contributed by atoms with Crippen molar-refractivity contribution in [3.05, 3.63) is 29.3 Å². The zero-order chi connectivity index (χ0) is 16.9. The van der Waals surface area contributed by atoms with Crippen LogP contribution in [0.1, 0.15) is 44.9 Å². The summed E-state index contributed by atoms with van der Waals surface area (Å²) in [6, 6.07) is 7.17. The van der Waals surface area contributed by atoms with Gasteiger partial charge in [0.25, 0.3) is 0 Å². The summed E-state index contributed by atoms with van der Waals surface area (Å²) in [5.41, 5.74) is 0.806. The van der Waals surface area contributed by atoms with E-state index in [1.165, 1.54) is 32.1 Å². The van der Waals surface area contributed by atoms with Gasteiger partial charge in [-0.15, -0.1) is 0 Å². The van der Waals surface area contributed by atoms with Gasteiger partial charge in [-0.25, -0.2) is 0 Å². The van der Waals surface area contributed by atoms with Crippen LogP contribution in [-0.4, -0.2) is 24.9 Å². The predicted molar refractivity (Wildman–Crippen MR) is 96.1 cm³/mol. The first-order chi connectivity index (χ1) is 11.6. The molecular formula is C19H25ClN2O2. The third-order valence-corrected chi connectivity index (χ3v) is 5.48. The first-order valence-electron chi connectivity index (χ1n) is 9.00. The minimum Gasteiger partial charge on any atom is -0.355 e. The molecule has 4 nitrogen and oxygen atoms in total. The number of amides is 2. The van der Waals surface area contributed by atoms with Crippen molar-refractivity contribution in [2.24, 2.45) is 11.8 Å². The monoisotopic (exact) mass is 348 g/mol. The highest BCUT2D eigenvalue weighted by atomic mass is 35.5. The Kier molecular flexibility index (Phi) is 5.77. The summed E-state index contributed by atoms with van der Waals surface area (Å²) in [6.45, 7) is 1.26. The Labute approximate surface area is 148 Å². The number of halogens is 1. The maximum absolute atomic E-state index is 12.5. The Morgan fingerprint density at radius 2 is 1.88 bits per heavy atom. The predicted octanol–water partition coefficient (Wildman–Crippen LogP) is 3.78. The van der Waals surface area contributed by atoms with Crippen LogP contribution in [0.15, 0.2) is 24.3 Å². The maximum Gasteiger partial charge on any atom is 0.239 e. The molecule has 1 saturated carbocycles. The van der Waals surface area contributed by atoms with Gasteiger partial charge in [-0.05, 0) is 49.4 Å². The second-order valence-electron chi connectivity index (χ2n) is 6.89. The highest BCUT2D eigenvalue weighted by Crippen LogP contribution is 2.29. The molecule has 5 heteroatoms. The molecule has 1 aliphatic carbocycles. The Morgan fingerprint density at radius 1 is 1.17 bits per heavy atom. The van der Waals surface area contributed by atoms with Gasteiger partial charge < -0.3 is 10.2 Å². The molecule has 0 bridgehead atoms. The lowest BCUT2D eigenvalue weighted by molar-refractivity contribution is -0.132. The summed E-state index contributed by atoms with van der Waals surface area (Å²) >= 11 is 5.88. The largest absolute Gasteiger partial charge is 0.355 e. The van der Waals surface area contributed by atoms with Gasteiger partial charge in [0, 0.05) is 23.8 Å². The van der Waals surface area contributed by atoms with Crippen LogP contribution in [0.5, 0.6) is 0 Å². The smallest absolute Gasteiger partial charge is 0.239 e. The van der Waals surface area contributed by atoms with E-state index in [9.17, 15) is 9.59 Å². The van der Waals surface area contributed by atoms with Crippen molar-refractivity contribution in [2.45, 2.75) is 44.9 Å². The van der Waals surface area contributed by atoms with E-state index in [1.807, 2.05) is 12.1 Å². The van der Waals surface area contributed by atoms with E-state index in [4.69, 9.17) is 11.6 Å². The summed E-state index contributed by atoms with van der Waals surface area (Å²) in [5.74, 6) is 0.0658. The molecule has 0 radical (unpaired) electrons. The molecule has 1 heterocycles. The summed E-state index contributed by atoms with van der Waals surface area (Å²) in [7, 11) is 0. The first kappa shape index (κ1) is 17.3. The lowest BCUT2D eigenvalue weighted by atomic mass is 10.0. The molecule has 2 amide bonds. The molecule has 1 aliphatic heterocycles. The quantitative estimate of drug-likeness (QED) is 0.628. The minimum atomic E-state index is -0.549. The highest BCUT2D eigenvalue weighted by Gasteiger charge is 2.37. The van der Waals surface area contributed by atoms with Crippen LogP contribution >= 0.6 is 11.6 Å². The fourth-order valence-electron chi connectivity index (χ4n) is 3.83. The van der Waals surface area contributed by atoms with Crippen LogP contribution in [0.3, 0.4) is 0 Å². The molecule has 0 aromatic heterocycles. The number of hydrogen-bond acceptors (Lipinski definition) is 2. The number of rotatable bonds is 6. The molecule has 0 spiro atoms. The average Bonchev–Trinajstić information content (AvgIpc) is 3.22. The van der Waals surface area contributed by atoms with Crippen LogP contribution in [0.4, 0.5) is 5.69 Å². The Balaban J connectivity index is 1.45. The van der Waals surface area contributed by atoms with Gasteiger partial charge in [0.2, 0.25) is 11.8 Å². The van der Waals surface area contributed by atoms with Crippen molar-refractivity contribution >= 4 is 29.1 Å². The highest BCUT2D eigenvalue weighted by molar-refractivity contribution is 6.30.